The summed E-state index contributed by atoms with van der Waals surface area (Å²) in [6, 6.07) is 13.4. The second-order valence-corrected chi connectivity index (χ2v) is 7.08. The zero-order chi connectivity index (χ0) is 21.5. The Balaban J connectivity index is 1.39. The van der Waals surface area contributed by atoms with E-state index in [-0.39, 0.29) is 25.4 Å². The molecule has 0 aliphatic carbocycles. The predicted molar refractivity (Wildman–Crippen MR) is 110 cm³/mol. The molecule has 8 heteroatoms. The number of nitrogens with zero attached hydrogens (tertiary/aromatic N) is 2. The fourth-order valence-corrected chi connectivity index (χ4v) is 2.79. The van der Waals surface area contributed by atoms with Gasteiger partial charge in [-0.3, -0.25) is 20.4 Å². The van der Waals surface area contributed by atoms with Crippen molar-refractivity contribution in [3.63, 3.8) is 0 Å². The molecule has 3 rings (SSSR count). The van der Waals surface area contributed by atoms with Crippen LogP contribution in [0, 0.1) is 20.8 Å². The van der Waals surface area contributed by atoms with E-state index in [0.717, 1.165) is 22.3 Å². The molecular formula is C22H24N4O4. The van der Waals surface area contributed by atoms with E-state index in [4.69, 9.17) is 9.15 Å². The Morgan fingerprint density at radius 1 is 0.900 bits per heavy atom. The predicted octanol–water partition coefficient (Wildman–Crippen LogP) is 2.82. The van der Waals surface area contributed by atoms with Crippen LogP contribution in [0.5, 0.6) is 5.75 Å². The number of carbonyl (C=O) groups is 2. The number of benzene rings is 2. The maximum absolute atomic E-state index is 11.9. The van der Waals surface area contributed by atoms with Gasteiger partial charge in [-0.05, 0) is 56.2 Å². The lowest BCUT2D eigenvalue weighted by Crippen LogP contribution is -2.43. The monoisotopic (exact) mass is 408 g/mol. The number of aromatic nitrogens is 2. The number of carbonyl (C=O) groups excluding carboxylic acids is 2. The van der Waals surface area contributed by atoms with E-state index in [0.29, 0.717) is 17.5 Å². The molecule has 0 spiro atoms. The molecule has 1 aromatic heterocycles. The minimum absolute atomic E-state index is 0.0910. The van der Waals surface area contributed by atoms with Gasteiger partial charge in [0.05, 0.1) is 0 Å². The SMILES string of the molecule is Cc1ccc(-c2nnc(CCC(=O)NNC(=O)COc3cc(C)cc(C)c3)o2)cc1. The van der Waals surface area contributed by atoms with Crippen LogP contribution >= 0.6 is 0 Å². The van der Waals surface area contributed by atoms with Crippen molar-refractivity contribution in [1.29, 1.82) is 0 Å². The summed E-state index contributed by atoms with van der Waals surface area (Å²) >= 11 is 0. The molecule has 30 heavy (non-hydrogen) atoms. The van der Waals surface area contributed by atoms with Crippen LogP contribution in [0.4, 0.5) is 0 Å². The van der Waals surface area contributed by atoms with E-state index in [2.05, 4.69) is 21.0 Å². The number of amides is 2. The topological polar surface area (TPSA) is 106 Å². The van der Waals surface area contributed by atoms with Crippen LogP contribution in [0.1, 0.15) is 29.0 Å². The minimum Gasteiger partial charge on any atom is -0.484 e. The van der Waals surface area contributed by atoms with Gasteiger partial charge in [-0.15, -0.1) is 10.2 Å². The lowest BCUT2D eigenvalue weighted by Gasteiger charge is -2.09. The van der Waals surface area contributed by atoms with Crippen LogP contribution in [-0.4, -0.2) is 28.6 Å². The Hall–Kier alpha value is -3.68. The van der Waals surface area contributed by atoms with Crippen LogP contribution in [0.3, 0.4) is 0 Å². The molecule has 3 aromatic rings. The smallest absolute Gasteiger partial charge is 0.276 e. The molecule has 1 heterocycles. The quantitative estimate of drug-likeness (QED) is 0.582. The number of aryl methyl sites for hydroxylation is 4. The largest absolute Gasteiger partial charge is 0.484 e. The molecule has 0 unspecified atom stereocenters. The number of hydrogen-bond donors (Lipinski definition) is 2. The molecule has 2 amide bonds. The minimum atomic E-state index is -0.457. The maximum Gasteiger partial charge on any atom is 0.276 e. The summed E-state index contributed by atoms with van der Waals surface area (Å²) < 4.78 is 11.0. The van der Waals surface area contributed by atoms with Gasteiger partial charge >= 0.3 is 0 Å². The Kier molecular flexibility index (Phi) is 6.79. The van der Waals surface area contributed by atoms with Crippen molar-refractivity contribution in [3.05, 3.63) is 65.0 Å². The molecule has 0 saturated carbocycles. The molecule has 156 valence electrons. The fourth-order valence-electron chi connectivity index (χ4n) is 2.79. The summed E-state index contributed by atoms with van der Waals surface area (Å²) in [7, 11) is 0. The molecule has 8 nitrogen and oxygen atoms in total. The Bertz CT molecular complexity index is 1010. The molecule has 2 N–H and O–H groups in total. The maximum atomic E-state index is 11.9. The summed E-state index contributed by atoms with van der Waals surface area (Å²) in [6.45, 7) is 5.70. The normalized spacial score (nSPS) is 10.5. The van der Waals surface area contributed by atoms with Crippen LogP contribution in [0.15, 0.2) is 46.9 Å². The highest BCUT2D eigenvalue weighted by atomic mass is 16.5. The van der Waals surface area contributed by atoms with Crippen molar-refractivity contribution in [2.24, 2.45) is 0 Å². The molecule has 0 radical (unpaired) electrons. The number of ether oxygens (including phenoxy) is 1. The molecule has 0 aliphatic rings. The van der Waals surface area contributed by atoms with Gasteiger partial charge in [0.2, 0.25) is 17.7 Å². The first-order chi connectivity index (χ1) is 14.4. The van der Waals surface area contributed by atoms with E-state index in [1.54, 1.807) is 0 Å². The second-order valence-electron chi connectivity index (χ2n) is 7.08. The van der Waals surface area contributed by atoms with Gasteiger partial charge in [0.1, 0.15) is 5.75 Å². The first kappa shape index (κ1) is 21.0. The first-order valence-corrected chi connectivity index (χ1v) is 9.57. The Morgan fingerprint density at radius 3 is 2.27 bits per heavy atom. The summed E-state index contributed by atoms with van der Waals surface area (Å²) in [6.07, 6.45) is 0.355. The van der Waals surface area contributed by atoms with E-state index in [1.807, 2.05) is 63.2 Å². The van der Waals surface area contributed by atoms with E-state index in [9.17, 15) is 9.59 Å². The van der Waals surface area contributed by atoms with Crippen LogP contribution in [-0.2, 0) is 16.0 Å². The number of hydrogen-bond acceptors (Lipinski definition) is 6. The van der Waals surface area contributed by atoms with Crippen molar-refractivity contribution in [2.75, 3.05) is 6.61 Å². The van der Waals surface area contributed by atoms with Crippen LogP contribution in [0.2, 0.25) is 0 Å². The van der Waals surface area contributed by atoms with Crippen molar-refractivity contribution in [2.45, 2.75) is 33.6 Å². The summed E-state index contributed by atoms with van der Waals surface area (Å²) in [5, 5.41) is 7.95. The van der Waals surface area contributed by atoms with Crippen LogP contribution in [0.25, 0.3) is 11.5 Å². The van der Waals surface area contributed by atoms with E-state index < -0.39 is 5.91 Å². The highest BCUT2D eigenvalue weighted by Gasteiger charge is 2.11. The van der Waals surface area contributed by atoms with Gasteiger partial charge in [-0.2, -0.15) is 0 Å². The van der Waals surface area contributed by atoms with Crippen molar-refractivity contribution < 1.29 is 18.7 Å². The lowest BCUT2D eigenvalue weighted by atomic mass is 10.1. The van der Waals surface area contributed by atoms with Crippen LogP contribution < -0.4 is 15.6 Å². The Morgan fingerprint density at radius 2 is 1.57 bits per heavy atom. The number of hydrazine groups is 1. The summed E-state index contributed by atoms with van der Waals surface area (Å²) in [5.41, 5.74) is 8.72. The van der Waals surface area contributed by atoms with E-state index >= 15 is 0 Å². The molecule has 0 bridgehead atoms. The molecular weight excluding hydrogens is 384 g/mol. The van der Waals surface area contributed by atoms with Gasteiger partial charge in [0.15, 0.2) is 6.61 Å². The second kappa shape index (κ2) is 9.69. The lowest BCUT2D eigenvalue weighted by molar-refractivity contribution is -0.130. The van der Waals surface area contributed by atoms with Crippen molar-refractivity contribution >= 4 is 11.8 Å². The van der Waals surface area contributed by atoms with Gasteiger partial charge in [-0.25, -0.2) is 0 Å². The third kappa shape index (κ3) is 6.16. The highest BCUT2D eigenvalue weighted by Crippen LogP contribution is 2.19. The molecule has 0 saturated heterocycles. The number of rotatable bonds is 7. The third-order valence-electron chi connectivity index (χ3n) is 4.24. The van der Waals surface area contributed by atoms with Crippen molar-refractivity contribution in [1.82, 2.24) is 21.0 Å². The van der Waals surface area contributed by atoms with Gasteiger partial charge in [0.25, 0.3) is 5.91 Å². The van der Waals surface area contributed by atoms with Gasteiger partial charge in [-0.1, -0.05) is 23.8 Å². The zero-order valence-corrected chi connectivity index (χ0v) is 17.2. The zero-order valence-electron chi connectivity index (χ0n) is 17.2. The van der Waals surface area contributed by atoms with Crippen molar-refractivity contribution in [3.8, 4) is 17.2 Å². The fraction of sp³-hybridized carbons (Fsp3) is 0.273. The average Bonchev–Trinajstić information content (AvgIpc) is 3.18. The highest BCUT2D eigenvalue weighted by molar-refractivity contribution is 5.82. The molecule has 0 fully saturated rings. The molecule has 2 aromatic carbocycles. The summed E-state index contributed by atoms with van der Waals surface area (Å²) in [5.74, 6) is 0.536. The van der Waals surface area contributed by atoms with E-state index in [1.165, 1.54) is 0 Å². The average molecular weight is 408 g/mol. The van der Waals surface area contributed by atoms with Gasteiger partial charge < -0.3 is 9.15 Å². The standard InChI is InChI=1S/C22H24N4O4/c1-14-4-6-17(7-5-14)22-26-25-21(30-22)9-8-19(27)23-24-20(28)13-29-18-11-15(2)10-16(3)12-18/h4-7,10-12H,8-9,13H2,1-3H3,(H,23,27)(H,24,28). The molecule has 0 atom stereocenters. The first-order valence-electron chi connectivity index (χ1n) is 9.57. The Labute approximate surface area is 174 Å². The molecule has 0 aliphatic heterocycles. The van der Waals surface area contributed by atoms with Gasteiger partial charge in [0, 0.05) is 18.4 Å². The third-order valence-corrected chi connectivity index (χ3v) is 4.24. The summed E-state index contributed by atoms with van der Waals surface area (Å²) in [4.78, 5) is 23.8. The number of nitrogens with one attached hydrogen (secondary N) is 2.